The van der Waals surface area contributed by atoms with Crippen molar-refractivity contribution in [3.05, 3.63) is 108 Å². The van der Waals surface area contributed by atoms with E-state index in [9.17, 15) is 14.0 Å². The molecular weight excluding hydrogens is 521 g/mol. The second-order valence-electron chi connectivity index (χ2n) is 9.88. The Morgan fingerprint density at radius 1 is 0.854 bits per heavy atom. The van der Waals surface area contributed by atoms with Crippen LogP contribution >= 0.6 is 0 Å². The SMILES string of the molecule is COc1ccc(-c2ccc(N3CCCN(C(=O)CN(Cc4ccc(F)cc4)C(=O)c4ccccc4)CC3)nn2)cc1. The molecule has 2 heterocycles. The summed E-state index contributed by atoms with van der Waals surface area (Å²) in [4.78, 5) is 32.3. The number of benzene rings is 3. The van der Waals surface area contributed by atoms with Crippen LogP contribution in [0, 0.1) is 5.82 Å². The average molecular weight is 554 g/mol. The summed E-state index contributed by atoms with van der Waals surface area (Å²) in [7, 11) is 1.63. The van der Waals surface area contributed by atoms with E-state index >= 15 is 0 Å². The number of rotatable bonds is 8. The van der Waals surface area contributed by atoms with Crippen LogP contribution in [0.2, 0.25) is 0 Å². The zero-order chi connectivity index (χ0) is 28.6. The number of nitrogens with zero attached hydrogens (tertiary/aromatic N) is 5. The van der Waals surface area contributed by atoms with Crippen molar-refractivity contribution in [3.8, 4) is 17.0 Å². The van der Waals surface area contributed by atoms with Crippen LogP contribution in [0.25, 0.3) is 11.3 Å². The number of anilines is 1. The normalized spacial score (nSPS) is 13.4. The van der Waals surface area contributed by atoms with E-state index in [-0.39, 0.29) is 30.7 Å². The molecule has 1 saturated heterocycles. The maximum atomic E-state index is 13.5. The molecule has 0 unspecified atom stereocenters. The lowest BCUT2D eigenvalue weighted by Crippen LogP contribution is -2.44. The van der Waals surface area contributed by atoms with Crippen LogP contribution in [0.1, 0.15) is 22.3 Å². The first-order valence-corrected chi connectivity index (χ1v) is 13.6. The number of ether oxygens (including phenoxy) is 1. The van der Waals surface area contributed by atoms with Gasteiger partial charge >= 0.3 is 0 Å². The summed E-state index contributed by atoms with van der Waals surface area (Å²) >= 11 is 0. The Morgan fingerprint density at radius 3 is 2.29 bits per heavy atom. The van der Waals surface area contributed by atoms with Crippen molar-refractivity contribution in [2.24, 2.45) is 0 Å². The van der Waals surface area contributed by atoms with Gasteiger partial charge in [-0.3, -0.25) is 9.59 Å². The zero-order valence-corrected chi connectivity index (χ0v) is 22.9. The van der Waals surface area contributed by atoms with Crippen molar-refractivity contribution >= 4 is 17.6 Å². The predicted octanol–water partition coefficient (Wildman–Crippen LogP) is 4.67. The predicted molar refractivity (Wildman–Crippen MR) is 155 cm³/mol. The summed E-state index contributed by atoms with van der Waals surface area (Å²) < 4.78 is 18.7. The Kier molecular flexibility index (Phi) is 8.83. The molecule has 0 N–H and O–H groups in total. The first-order chi connectivity index (χ1) is 20.0. The Morgan fingerprint density at radius 2 is 1.61 bits per heavy atom. The fourth-order valence-electron chi connectivity index (χ4n) is 4.84. The van der Waals surface area contributed by atoms with E-state index in [1.54, 1.807) is 48.4 Å². The van der Waals surface area contributed by atoms with Gasteiger partial charge < -0.3 is 19.4 Å². The third-order valence-electron chi connectivity index (χ3n) is 7.13. The molecule has 0 spiro atoms. The Bertz CT molecular complexity index is 1450. The maximum Gasteiger partial charge on any atom is 0.254 e. The van der Waals surface area contributed by atoms with Crippen molar-refractivity contribution in [1.82, 2.24) is 20.0 Å². The zero-order valence-electron chi connectivity index (χ0n) is 22.9. The summed E-state index contributed by atoms with van der Waals surface area (Å²) in [5, 5.41) is 8.87. The monoisotopic (exact) mass is 553 g/mol. The second-order valence-corrected chi connectivity index (χ2v) is 9.88. The minimum Gasteiger partial charge on any atom is -0.497 e. The van der Waals surface area contributed by atoms with E-state index in [0.29, 0.717) is 25.2 Å². The highest BCUT2D eigenvalue weighted by molar-refractivity contribution is 5.96. The van der Waals surface area contributed by atoms with Gasteiger partial charge in [0.05, 0.1) is 12.8 Å². The first kappa shape index (κ1) is 27.8. The molecule has 8 nitrogen and oxygen atoms in total. The minimum absolute atomic E-state index is 0.0680. The van der Waals surface area contributed by atoms with Gasteiger partial charge in [-0.1, -0.05) is 30.3 Å². The number of amides is 2. The van der Waals surface area contributed by atoms with E-state index in [2.05, 4.69) is 15.1 Å². The fourth-order valence-corrected chi connectivity index (χ4v) is 4.84. The van der Waals surface area contributed by atoms with Gasteiger partial charge in [0.1, 0.15) is 18.1 Å². The molecular formula is C32H32FN5O3. The molecule has 1 fully saturated rings. The van der Waals surface area contributed by atoms with Crippen LogP contribution in [-0.2, 0) is 11.3 Å². The van der Waals surface area contributed by atoms with Gasteiger partial charge in [0.15, 0.2) is 5.82 Å². The number of hydrogen-bond donors (Lipinski definition) is 0. The van der Waals surface area contributed by atoms with Gasteiger partial charge in [0.25, 0.3) is 5.91 Å². The standard InChI is InChI=1S/C32H32FN5O3/c1-41-28-14-10-25(11-15-28)29-16-17-30(35-34-29)36-18-5-19-37(21-20-36)31(39)23-38(22-24-8-12-27(33)13-9-24)32(40)26-6-3-2-4-7-26/h2-4,6-17H,5,18-23H2,1H3. The third kappa shape index (κ3) is 7.05. The molecule has 4 aromatic rings. The molecule has 0 radical (unpaired) electrons. The van der Waals surface area contributed by atoms with Gasteiger partial charge in [0, 0.05) is 43.9 Å². The highest BCUT2D eigenvalue weighted by Gasteiger charge is 2.25. The number of halogens is 1. The first-order valence-electron chi connectivity index (χ1n) is 13.6. The van der Waals surface area contributed by atoms with Gasteiger partial charge in [-0.15, -0.1) is 10.2 Å². The van der Waals surface area contributed by atoms with Crippen LogP contribution in [0.15, 0.2) is 91.0 Å². The Hall–Kier alpha value is -4.79. The van der Waals surface area contributed by atoms with Gasteiger partial charge in [-0.05, 0) is 72.6 Å². The number of methoxy groups -OCH3 is 1. The molecule has 3 aromatic carbocycles. The largest absolute Gasteiger partial charge is 0.497 e. The average Bonchev–Trinajstić information content (AvgIpc) is 3.29. The molecule has 0 bridgehead atoms. The van der Waals surface area contributed by atoms with E-state index in [4.69, 9.17) is 4.74 Å². The molecule has 2 amide bonds. The molecule has 1 aliphatic heterocycles. The molecule has 1 aliphatic rings. The highest BCUT2D eigenvalue weighted by Crippen LogP contribution is 2.22. The number of hydrogen-bond acceptors (Lipinski definition) is 6. The molecule has 0 atom stereocenters. The maximum absolute atomic E-state index is 13.5. The van der Waals surface area contributed by atoms with E-state index in [1.165, 1.54) is 17.0 Å². The molecule has 9 heteroatoms. The molecule has 0 aliphatic carbocycles. The minimum atomic E-state index is -0.347. The van der Waals surface area contributed by atoms with Crippen molar-refractivity contribution < 1.29 is 18.7 Å². The van der Waals surface area contributed by atoms with Crippen LogP contribution in [0.5, 0.6) is 5.75 Å². The van der Waals surface area contributed by atoms with Crippen molar-refractivity contribution in [2.75, 3.05) is 44.7 Å². The van der Waals surface area contributed by atoms with E-state index in [0.717, 1.165) is 41.4 Å². The second kappa shape index (κ2) is 13.0. The van der Waals surface area contributed by atoms with Crippen molar-refractivity contribution in [3.63, 3.8) is 0 Å². The molecule has 41 heavy (non-hydrogen) atoms. The van der Waals surface area contributed by atoms with Gasteiger partial charge in [-0.25, -0.2) is 4.39 Å². The smallest absolute Gasteiger partial charge is 0.254 e. The van der Waals surface area contributed by atoms with Gasteiger partial charge in [-0.2, -0.15) is 0 Å². The number of carbonyl (C=O) groups excluding carboxylic acids is 2. The van der Waals surface area contributed by atoms with Gasteiger partial charge in [0.2, 0.25) is 5.91 Å². The quantitative estimate of drug-likeness (QED) is 0.316. The summed E-state index contributed by atoms with van der Waals surface area (Å²) in [5.74, 6) is 0.824. The van der Waals surface area contributed by atoms with Crippen LogP contribution < -0.4 is 9.64 Å². The molecule has 1 aromatic heterocycles. The van der Waals surface area contributed by atoms with E-state index < -0.39 is 0 Å². The fraction of sp³-hybridized carbons (Fsp3) is 0.250. The Labute approximate surface area is 239 Å². The summed E-state index contributed by atoms with van der Waals surface area (Å²) in [6.45, 7) is 2.56. The van der Waals surface area contributed by atoms with Crippen molar-refractivity contribution in [1.29, 1.82) is 0 Å². The number of aromatic nitrogens is 2. The van der Waals surface area contributed by atoms with Crippen LogP contribution in [0.4, 0.5) is 10.2 Å². The lowest BCUT2D eigenvalue weighted by molar-refractivity contribution is -0.131. The lowest BCUT2D eigenvalue weighted by Gasteiger charge is -2.27. The molecule has 0 saturated carbocycles. The van der Waals surface area contributed by atoms with Crippen molar-refractivity contribution in [2.45, 2.75) is 13.0 Å². The third-order valence-corrected chi connectivity index (χ3v) is 7.13. The topological polar surface area (TPSA) is 78.9 Å². The summed E-state index contributed by atoms with van der Waals surface area (Å²) in [5.41, 5.74) is 2.98. The summed E-state index contributed by atoms with van der Waals surface area (Å²) in [6.07, 6.45) is 0.762. The lowest BCUT2D eigenvalue weighted by atomic mass is 10.1. The highest BCUT2D eigenvalue weighted by atomic mass is 19.1. The Balaban J connectivity index is 1.23. The number of carbonyl (C=O) groups is 2. The van der Waals surface area contributed by atoms with Crippen LogP contribution in [-0.4, -0.2) is 71.6 Å². The molecule has 210 valence electrons. The van der Waals surface area contributed by atoms with E-state index in [1.807, 2.05) is 42.5 Å². The van der Waals surface area contributed by atoms with Crippen LogP contribution in [0.3, 0.4) is 0 Å². The summed E-state index contributed by atoms with van der Waals surface area (Å²) in [6, 6.07) is 26.4. The molecule has 5 rings (SSSR count).